The van der Waals surface area contributed by atoms with Crippen LogP contribution in [-0.4, -0.2) is 14.3 Å². The third-order valence-electron chi connectivity index (χ3n) is 2.27. The largest absolute Gasteiger partial charge is 0.284 e. The van der Waals surface area contributed by atoms with Crippen molar-refractivity contribution in [3.63, 3.8) is 0 Å². The van der Waals surface area contributed by atoms with Gasteiger partial charge in [0.1, 0.15) is 5.15 Å². The van der Waals surface area contributed by atoms with E-state index in [2.05, 4.69) is 4.98 Å². The highest BCUT2D eigenvalue weighted by Crippen LogP contribution is 2.08. The SMILES string of the molecule is Cc1cc(=O)n(-c2cccc(Cl)n2)n1C. The molecule has 0 spiro atoms. The highest BCUT2D eigenvalue weighted by Gasteiger charge is 2.07. The fourth-order valence-corrected chi connectivity index (χ4v) is 1.58. The van der Waals surface area contributed by atoms with E-state index in [0.717, 1.165) is 5.69 Å². The molecule has 0 saturated heterocycles. The van der Waals surface area contributed by atoms with Crippen LogP contribution in [-0.2, 0) is 7.05 Å². The van der Waals surface area contributed by atoms with Crippen molar-refractivity contribution >= 4 is 11.6 Å². The molecule has 0 aliphatic carbocycles. The molecule has 0 atom stereocenters. The lowest BCUT2D eigenvalue weighted by molar-refractivity contribution is 0.619. The molecule has 5 heteroatoms. The van der Waals surface area contributed by atoms with Crippen LogP contribution in [0.3, 0.4) is 0 Å². The zero-order valence-electron chi connectivity index (χ0n) is 8.44. The zero-order chi connectivity index (χ0) is 11.0. The van der Waals surface area contributed by atoms with Gasteiger partial charge in [-0.25, -0.2) is 4.98 Å². The maximum absolute atomic E-state index is 11.6. The van der Waals surface area contributed by atoms with Crippen molar-refractivity contribution in [2.24, 2.45) is 7.05 Å². The van der Waals surface area contributed by atoms with Crippen LogP contribution in [0.15, 0.2) is 29.1 Å². The van der Waals surface area contributed by atoms with Crippen molar-refractivity contribution in [1.82, 2.24) is 14.3 Å². The summed E-state index contributed by atoms with van der Waals surface area (Å²) in [6.45, 7) is 1.86. The Morgan fingerprint density at radius 1 is 1.40 bits per heavy atom. The Kier molecular flexibility index (Phi) is 2.36. The molecule has 0 bridgehead atoms. The van der Waals surface area contributed by atoms with Gasteiger partial charge in [-0.1, -0.05) is 17.7 Å². The molecule has 0 aliphatic heterocycles. The first kappa shape index (κ1) is 9.98. The fraction of sp³-hybridized carbons (Fsp3) is 0.200. The zero-order valence-corrected chi connectivity index (χ0v) is 9.19. The first-order valence-corrected chi connectivity index (χ1v) is 4.86. The van der Waals surface area contributed by atoms with Crippen LogP contribution in [0.5, 0.6) is 0 Å². The molecule has 2 rings (SSSR count). The summed E-state index contributed by atoms with van der Waals surface area (Å²) in [4.78, 5) is 15.7. The van der Waals surface area contributed by atoms with E-state index >= 15 is 0 Å². The first-order chi connectivity index (χ1) is 7.09. The second-order valence-electron chi connectivity index (χ2n) is 3.28. The van der Waals surface area contributed by atoms with Crippen molar-refractivity contribution in [3.8, 4) is 5.82 Å². The second kappa shape index (κ2) is 3.55. The highest BCUT2D eigenvalue weighted by molar-refractivity contribution is 6.29. The molecule has 0 amide bonds. The number of rotatable bonds is 1. The average Bonchev–Trinajstić information content (AvgIpc) is 2.41. The summed E-state index contributed by atoms with van der Waals surface area (Å²) >= 11 is 5.77. The van der Waals surface area contributed by atoms with E-state index in [0.29, 0.717) is 11.0 Å². The molecule has 0 aromatic carbocycles. The lowest BCUT2D eigenvalue weighted by Crippen LogP contribution is -2.20. The predicted molar refractivity (Wildman–Crippen MR) is 58.6 cm³/mol. The molecule has 0 saturated carbocycles. The summed E-state index contributed by atoms with van der Waals surface area (Å²) in [6, 6.07) is 6.74. The van der Waals surface area contributed by atoms with Crippen molar-refractivity contribution in [2.45, 2.75) is 6.92 Å². The van der Waals surface area contributed by atoms with Crippen molar-refractivity contribution < 1.29 is 0 Å². The maximum Gasteiger partial charge on any atom is 0.273 e. The lowest BCUT2D eigenvalue weighted by atomic mass is 10.4. The summed E-state index contributed by atoms with van der Waals surface area (Å²) in [5, 5.41) is 0.373. The maximum atomic E-state index is 11.6. The lowest BCUT2D eigenvalue weighted by Gasteiger charge is -2.07. The molecule has 78 valence electrons. The van der Waals surface area contributed by atoms with Crippen LogP contribution in [0.4, 0.5) is 0 Å². The average molecular weight is 224 g/mol. The van der Waals surface area contributed by atoms with Gasteiger partial charge >= 0.3 is 0 Å². The quantitative estimate of drug-likeness (QED) is 0.688. The van der Waals surface area contributed by atoms with Gasteiger partial charge in [0.2, 0.25) is 0 Å². The molecule has 2 aromatic heterocycles. The molecular weight excluding hydrogens is 214 g/mol. The summed E-state index contributed by atoms with van der Waals surface area (Å²) in [7, 11) is 1.80. The monoisotopic (exact) mass is 223 g/mol. The number of hydrogen-bond donors (Lipinski definition) is 0. The Morgan fingerprint density at radius 3 is 2.67 bits per heavy atom. The van der Waals surface area contributed by atoms with E-state index in [1.165, 1.54) is 4.68 Å². The summed E-state index contributed by atoms with van der Waals surface area (Å²) in [6.07, 6.45) is 0. The standard InChI is InChI=1S/C10H10ClN3O/c1-7-6-10(15)14(13(7)2)9-5-3-4-8(11)12-9/h3-6H,1-2H3. The van der Waals surface area contributed by atoms with Gasteiger partial charge in [0.25, 0.3) is 5.56 Å². The second-order valence-corrected chi connectivity index (χ2v) is 3.67. The Bertz CT molecular complexity index is 556. The molecule has 2 heterocycles. The number of hydrogen-bond acceptors (Lipinski definition) is 2. The molecule has 15 heavy (non-hydrogen) atoms. The molecule has 0 unspecified atom stereocenters. The van der Waals surface area contributed by atoms with Crippen molar-refractivity contribution in [1.29, 1.82) is 0 Å². The third-order valence-corrected chi connectivity index (χ3v) is 2.48. The van der Waals surface area contributed by atoms with E-state index in [4.69, 9.17) is 11.6 Å². The van der Waals surface area contributed by atoms with E-state index in [1.54, 1.807) is 36.0 Å². The molecule has 0 radical (unpaired) electrons. The Labute approximate surface area is 91.7 Å². The minimum Gasteiger partial charge on any atom is -0.284 e. The van der Waals surface area contributed by atoms with Gasteiger partial charge in [-0.2, -0.15) is 4.68 Å². The van der Waals surface area contributed by atoms with E-state index in [9.17, 15) is 4.79 Å². The van der Waals surface area contributed by atoms with Crippen LogP contribution >= 0.6 is 11.6 Å². The smallest absolute Gasteiger partial charge is 0.273 e. The topological polar surface area (TPSA) is 39.8 Å². The van der Waals surface area contributed by atoms with E-state index in [1.807, 2.05) is 6.92 Å². The van der Waals surface area contributed by atoms with Gasteiger partial charge in [-0.05, 0) is 19.1 Å². The van der Waals surface area contributed by atoms with Crippen LogP contribution in [0.25, 0.3) is 5.82 Å². The van der Waals surface area contributed by atoms with E-state index < -0.39 is 0 Å². The molecule has 0 fully saturated rings. The first-order valence-electron chi connectivity index (χ1n) is 4.48. The molecular formula is C10H10ClN3O. The minimum atomic E-state index is -0.107. The fourth-order valence-electron chi connectivity index (χ4n) is 1.42. The summed E-state index contributed by atoms with van der Waals surface area (Å²) in [5.41, 5.74) is 0.770. The van der Waals surface area contributed by atoms with E-state index in [-0.39, 0.29) is 5.56 Å². The Balaban J connectivity index is 2.69. The summed E-state index contributed by atoms with van der Waals surface area (Å²) < 4.78 is 3.21. The Morgan fingerprint density at radius 2 is 2.13 bits per heavy atom. The van der Waals surface area contributed by atoms with Crippen molar-refractivity contribution in [2.75, 3.05) is 0 Å². The van der Waals surface area contributed by atoms with Gasteiger partial charge in [-0.15, -0.1) is 0 Å². The van der Waals surface area contributed by atoms with Gasteiger partial charge in [-0.3, -0.25) is 9.48 Å². The van der Waals surface area contributed by atoms with Crippen LogP contribution in [0, 0.1) is 6.92 Å². The Hall–Kier alpha value is -1.55. The van der Waals surface area contributed by atoms with Crippen molar-refractivity contribution in [3.05, 3.63) is 45.5 Å². The molecule has 0 aliphatic rings. The molecule has 2 aromatic rings. The highest BCUT2D eigenvalue weighted by atomic mass is 35.5. The van der Waals surface area contributed by atoms with Gasteiger partial charge in [0.05, 0.1) is 0 Å². The van der Waals surface area contributed by atoms with Crippen LogP contribution in [0.2, 0.25) is 5.15 Å². The molecule has 0 N–H and O–H groups in total. The molecule has 4 nitrogen and oxygen atoms in total. The van der Waals surface area contributed by atoms with Gasteiger partial charge in [0.15, 0.2) is 5.82 Å². The van der Waals surface area contributed by atoms with Gasteiger partial charge < -0.3 is 0 Å². The number of aryl methyl sites for hydroxylation is 1. The predicted octanol–water partition coefficient (Wildman–Crippen LogP) is 1.53. The summed E-state index contributed by atoms with van der Waals surface area (Å²) in [5.74, 6) is 0.531. The van der Waals surface area contributed by atoms with Crippen LogP contribution < -0.4 is 5.56 Å². The van der Waals surface area contributed by atoms with Gasteiger partial charge in [0, 0.05) is 18.8 Å². The third kappa shape index (κ3) is 1.68. The number of pyridine rings is 1. The number of nitrogens with zero attached hydrogens (tertiary/aromatic N) is 3. The minimum absolute atomic E-state index is 0.107. The normalized spacial score (nSPS) is 10.6. The number of aromatic nitrogens is 3. The number of halogens is 1. The van der Waals surface area contributed by atoms with Crippen LogP contribution in [0.1, 0.15) is 5.69 Å².